The second-order valence-corrected chi connectivity index (χ2v) is 7.24. The molecule has 0 atom stereocenters. The number of alkyl halides is 3. The number of hydrogen-bond acceptors (Lipinski definition) is 4. The Hall–Kier alpha value is -4.14. The molecule has 33 heavy (non-hydrogen) atoms. The molecule has 0 radical (unpaired) electrons. The van der Waals surface area contributed by atoms with Crippen molar-refractivity contribution in [3.63, 3.8) is 0 Å². The number of amides is 2. The number of rotatable bonds is 5. The number of nitrogens with one attached hydrogen (secondary N) is 1. The summed E-state index contributed by atoms with van der Waals surface area (Å²) in [7, 11) is 0. The fourth-order valence-corrected chi connectivity index (χ4v) is 3.34. The number of nitrogens with zero attached hydrogens (tertiary/aromatic N) is 1. The normalized spacial score (nSPS) is 14.2. The molecule has 0 spiro atoms. The van der Waals surface area contributed by atoms with E-state index < -0.39 is 29.7 Å². The molecule has 0 bridgehead atoms. The smallest absolute Gasteiger partial charge is 0.406 e. The fraction of sp³-hybridized carbons (Fsp3) is 0.0833. The minimum absolute atomic E-state index is 0.0104. The number of aryl methyl sites for hydroxylation is 1. The molecule has 3 aromatic rings. The predicted molar refractivity (Wildman–Crippen MR) is 114 cm³/mol. The van der Waals surface area contributed by atoms with Gasteiger partial charge in [0.15, 0.2) is 0 Å². The summed E-state index contributed by atoms with van der Waals surface area (Å²) in [6, 6.07) is 16.5. The molecule has 168 valence electrons. The number of halogens is 4. The molecule has 1 aliphatic rings. The molecule has 4 rings (SSSR count). The van der Waals surface area contributed by atoms with Gasteiger partial charge in [-0.2, -0.15) is 0 Å². The Balaban J connectivity index is 1.72. The SMILES string of the molecule is Cc1ccc(N2C(=O)C(Nc3ccc(OC(F)(F)F)cc3)=C(c3ccc(F)cc3)C2=O)cc1. The van der Waals surface area contributed by atoms with E-state index in [1.165, 1.54) is 24.3 Å². The number of imide groups is 1. The highest BCUT2D eigenvalue weighted by Gasteiger charge is 2.40. The molecule has 0 aliphatic carbocycles. The minimum Gasteiger partial charge on any atom is -0.406 e. The summed E-state index contributed by atoms with van der Waals surface area (Å²) in [6.07, 6.45) is -4.84. The van der Waals surface area contributed by atoms with Gasteiger partial charge in [-0.25, -0.2) is 9.29 Å². The van der Waals surface area contributed by atoms with Gasteiger partial charge in [0, 0.05) is 5.69 Å². The molecule has 0 unspecified atom stereocenters. The van der Waals surface area contributed by atoms with Gasteiger partial charge in [0.25, 0.3) is 11.8 Å². The molecule has 5 nitrogen and oxygen atoms in total. The lowest BCUT2D eigenvalue weighted by molar-refractivity contribution is -0.274. The van der Waals surface area contributed by atoms with Gasteiger partial charge in [-0.15, -0.1) is 13.2 Å². The first-order valence-electron chi connectivity index (χ1n) is 9.71. The van der Waals surface area contributed by atoms with E-state index >= 15 is 0 Å². The minimum atomic E-state index is -4.84. The van der Waals surface area contributed by atoms with Gasteiger partial charge in [-0.05, 0) is 61.0 Å². The Bertz CT molecular complexity index is 1230. The quantitative estimate of drug-likeness (QED) is 0.411. The van der Waals surface area contributed by atoms with E-state index in [0.29, 0.717) is 11.3 Å². The Kier molecular flexibility index (Phi) is 5.63. The molecule has 0 saturated heterocycles. The number of hydrogen-bond donors (Lipinski definition) is 1. The van der Waals surface area contributed by atoms with Gasteiger partial charge in [0.05, 0.1) is 11.3 Å². The van der Waals surface area contributed by atoms with Gasteiger partial charge in [0.1, 0.15) is 17.3 Å². The van der Waals surface area contributed by atoms with Crippen molar-refractivity contribution in [1.82, 2.24) is 0 Å². The van der Waals surface area contributed by atoms with E-state index in [-0.39, 0.29) is 17.0 Å². The molecule has 0 fully saturated rings. The zero-order chi connectivity index (χ0) is 23.8. The molecule has 1 N–H and O–H groups in total. The topological polar surface area (TPSA) is 58.6 Å². The summed E-state index contributed by atoms with van der Waals surface area (Å²) in [6.45, 7) is 1.86. The summed E-state index contributed by atoms with van der Waals surface area (Å²) in [4.78, 5) is 27.5. The van der Waals surface area contributed by atoms with Crippen LogP contribution in [0, 0.1) is 12.7 Å². The molecule has 1 aliphatic heterocycles. The standard InChI is InChI=1S/C24H16F4N2O3/c1-14-2-10-18(11-3-14)30-22(31)20(15-4-6-16(25)7-5-15)21(23(30)32)29-17-8-12-19(13-9-17)33-24(26,27)28/h2-13,29H,1H3. The monoisotopic (exact) mass is 456 g/mol. The first-order valence-corrected chi connectivity index (χ1v) is 9.71. The highest BCUT2D eigenvalue weighted by Crippen LogP contribution is 2.34. The summed E-state index contributed by atoms with van der Waals surface area (Å²) in [5.74, 6) is -2.22. The van der Waals surface area contributed by atoms with Crippen molar-refractivity contribution < 1.29 is 31.9 Å². The highest BCUT2D eigenvalue weighted by atomic mass is 19.4. The van der Waals surface area contributed by atoms with Crippen LogP contribution in [-0.4, -0.2) is 18.2 Å². The largest absolute Gasteiger partial charge is 0.573 e. The lowest BCUT2D eigenvalue weighted by Crippen LogP contribution is -2.32. The average molecular weight is 456 g/mol. The Morgan fingerprint density at radius 1 is 0.818 bits per heavy atom. The zero-order valence-corrected chi connectivity index (χ0v) is 17.1. The molecule has 0 saturated carbocycles. The third-order valence-electron chi connectivity index (χ3n) is 4.87. The van der Waals surface area contributed by atoms with Gasteiger partial charge in [0.2, 0.25) is 0 Å². The van der Waals surface area contributed by atoms with E-state index in [1.54, 1.807) is 24.3 Å². The Morgan fingerprint density at radius 3 is 2.00 bits per heavy atom. The summed E-state index contributed by atoms with van der Waals surface area (Å²) < 4.78 is 54.5. The van der Waals surface area contributed by atoms with Crippen molar-refractivity contribution in [3.8, 4) is 5.75 Å². The van der Waals surface area contributed by atoms with Crippen molar-refractivity contribution in [2.75, 3.05) is 10.2 Å². The maximum atomic E-state index is 13.4. The van der Waals surface area contributed by atoms with Crippen LogP contribution in [0.5, 0.6) is 5.75 Å². The lowest BCUT2D eigenvalue weighted by Gasteiger charge is -2.15. The van der Waals surface area contributed by atoms with Crippen LogP contribution in [0.1, 0.15) is 11.1 Å². The second-order valence-electron chi connectivity index (χ2n) is 7.24. The van der Waals surface area contributed by atoms with Crippen LogP contribution in [0.15, 0.2) is 78.5 Å². The predicted octanol–water partition coefficient (Wildman–Crippen LogP) is 5.43. The van der Waals surface area contributed by atoms with Gasteiger partial charge in [-0.3, -0.25) is 9.59 Å². The van der Waals surface area contributed by atoms with Crippen molar-refractivity contribution in [3.05, 3.63) is 95.4 Å². The van der Waals surface area contributed by atoms with Crippen molar-refractivity contribution in [2.45, 2.75) is 13.3 Å². The van der Waals surface area contributed by atoms with Gasteiger partial charge < -0.3 is 10.1 Å². The van der Waals surface area contributed by atoms with E-state index in [9.17, 15) is 27.2 Å². The van der Waals surface area contributed by atoms with Crippen molar-refractivity contribution >= 4 is 28.8 Å². The van der Waals surface area contributed by atoms with Crippen LogP contribution < -0.4 is 15.0 Å². The summed E-state index contributed by atoms with van der Waals surface area (Å²) >= 11 is 0. The van der Waals surface area contributed by atoms with Crippen molar-refractivity contribution in [2.24, 2.45) is 0 Å². The number of carbonyl (C=O) groups is 2. The Labute approximate surface area is 185 Å². The van der Waals surface area contributed by atoms with Crippen LogP contribution in [-0.2, 0) is 9.59 Å². The van der Waals surface area contributed by atoms with E-state index in [1.807, 2.05) is 6.92 Å². The number of benzene rings is 3. The maximum absolute atomic E-state index is 13.4. The first-order chi connectivity index (χ1) is 15.6. The second kappa shape index (κ2) is 8.42. The summed E-state index contributed by atoms with van der Waals surface area (Å²) in [5, 5.41) is 2.82. The summed E-state index contributed by atoms with van der Waals surface area (Å²) in [5.41, 5.74) is 1.77. The molecular weight excluding hydrogens is 440 g/mol. The third-order valence-corrected chi connectivity index (χ3v) is 4.87. The molecule has 9 heteroatoms. The first kappa shape index (κ1) is 22.1. The highest BCUT2D eigenvalue weighted by molar-refractivity contribution is 6.46. The van der Waals surface area contributed by atoms with Crippen molar-refractivity contribution in [1.29, 1.82) is 0 Å². The van der Waals surface area contributed by atoms with Crippen LogP contribution in [0.25, 0.3) is 5.57 Å². The van der Waals surface area contributed by atoms with Crippen LogP contribution >= 0.6 is 0 Å². The average Bonchev–Trinajstić information content (AvgIpc) is 2.99. The molecular formula is C24H16F4N2O3. The number of anilines is 2. The van der Waals surface area contributed by atoms with Crippen LogP contribution in [0.3, 0.4) is 0 Å². The van der Waals surface area contributed by atoms with Gasteiger partial charge >= 0.3 is 6.36 Å². The van der Waals surface area contributed by atoms with Crippen LogP contribution in [0.4, 0.5) is 28.9 Å². The van der Waals surface area contributed by atoms with Gasteiger partial charge in [-0.1, -0.05) is 29.8 Å². The van der Waals surface area contributed by atoms with Crippen LogP contribution in [0.2, 0.25) is 0 Å². The third kappa shape index (κ3) is 4.72. The molecule has 0 aromatic heterocycles. The molecule has 2 amide bonds. The number of ether oxygens (including phenoxy) is 1. The number of carbonyl (C=O) groups excluding carboxylic acids is 2. The maximum Gasteiger partial charge on any atom is 0.573 e. The zero-order valence-electron chi connectivity index (χ0n) is 17.1. The fourth-order valence-electron chi connectivity index (χ4n) is 3.34. The molecule has 1 heterocycles. The van der Waals surface area contributed by atoms with E-state index in [2.05, 4.69) is 10.1 Å². The van der Waals surface area contributed by atoms with E-state index in [4.69, 9.17) is 0 Å². The molecule has 3 aromatic carbocycles. The Morgan fingerprint density at radius 2 is 1.42 bits per heavy atom. The van der Waals surface area contributed by atoms with E-state index in [0.717, 1.165) is 34.7 Å². The lowest BCUT2D eigenvalue weighted by atomic mass is 10.0.